The standard InChI is InChI=1S/C22H22N2O3/c1-14-5-11-17(12-6-14)24-20(26)18(19(25)23-21(24)27)13-15-7-9-16(10-8-15)22(2,3)4/h5-13H,1-4H3,(H,23,25,27)/b18-13+. The van der Waals surface area contributed by atoms with Crippen molar-refractivity contribution in [2.45, 2.75) is 33.1 Å². The Morgan fingerprint density at radius 3 is 2.04 bits per heavy atom. The van der Waals surface area contributed by atoms with Gasteiger partial charge in [0, 0.05) is 0 Å². The Morgan fingerprint density at radius 2 is 1.48 bits per heavy atom. The highest BCUT2D eigenvalue weighted by Crippen LogP contribution is 2.25. The molecule has 4 amide bonds. The van der Waals surface area contributed by atoms with Gasteiger partial charge in [-0.1, -0.05) is 62.7 Å². The van der Waals surface area contributed by atoms with Crippen molar-refractivity contribution in [2.24, 2.45) is 0 Å². The summed E-state index contributed by atoms with van der Waals surface area (Å²) in [6, 6.07) is 13.9. The van der Waals surface area contributed by atoms with E-state index in [1.165, 1.54) is 6.08 Å². The molecule has 0 radical (unpaired) electrons. The minimum absolute atomic E-state index is 0.0123. The maximum atomic E-state index is 12.8. The number of nitrogens with one attached hydrogen (secondary N) is 1. The Balaban J connectivity index is 1.95. The molecule has 2 aromatic carbocycles. The first kappa shape index (κ1) is 18.6. The Morgan fingerprint density at radius 1 is 0.889 bits per heavy atom. The van der Waals surface area contributed by atoms with Gasteiger partial charge in [-0.2, -0.15) is 0 Å². The quantitative estimate of drug-likeness (QED) is 0.650. The second-order valence-electron chi connectivity index (χ2n) is 7.67. The minimum Gasteiger partial charge on any atom is -0.273 e. The van der Waals surface area contributed by atoms with Crippen LogP contribution in [0.5, 0.6) is 0 Å². The average Bonchev–Trinajstić information content (AvgIpc) is 2.60. The van der Waals surface area contributed by atoms with E-state index in [0.717, 1.165) is 21.6 Å². The zero-order valence-electron chi connectivity index (χ0n) is 15.9. The molecule has 0 spiro atoms. The zero-order valence-corrected chi connectivity index (χ0v) is 15.9. The van der Waals surface area contributed by atoms with E-state index in [2.05, 4.69) is 26.1 Å². The van der Waals surface area contributed by atoms with E-state index in [4.69, 9.17) is 0 Å². The van der Waals surface area contributed by atoms with Crippen LogP contribution < -0.4 is 10.2 Å². The molecule has 138 valence electrons. The number of amides is 4. The average molecular weight is 362 g/mol. The van der Waals surface area contributed by atoms with Crippen LogP contribution in [-0.2, 0) is 15.0 Å². The maximum Gasteiger partial charge on any atom is 0.335 e. The lowest BCUT2D eigenvalue weighted by atomic mass is 9.86. The van der Waals surface area contributed by atoms with Crippen LogP contribution in [-0.4, -0.2) is 17.8 Å². The van der Waals surface area contributed by atoms with Gasteiger partial charge in [0.2, 0.25) is 0 Å². The third kappa shape index (κ3) is 3.82. The highest BCUT2D eigenvalue weighted by atomic mass is 16.2. The molecule has 1 aliphatic heterocycles. The molecular weight excluding hydrogens is 340 g/mol. The summed E-state index contributed by atoms with van der Waals surface area (Å²) in [6.45, 7) is 8.26. The second kappa shape index (κ2) is 6.83. The van der Waals surface area contributed by atoms with Crippen LogP contribution in [0, 0.1) is 6.92 Å². The molecule has 3 rings (SSSR count). The number of anilines is 1. The van der Waals surface area contributed by atoms with Crippen molar-refractivity contribution in [3.05, 3.63) is 70.8 Å². The second-order valence-corrected chi connectivity index (χ2v) is 7.67. The van der Waals surface area contributed by atoms with Crippen LogP contribution in [0.4, 0.5) is 10.5 Å². The molecular formula is C22H22N2O3. The van der Waals surface area contributed by atoms with Gasteiger partial charge in [-0.25, -0.2) is 9.69 Å². The number of nitrogens with zero attached hydrogens (tertiary/aromatic N) is 1. The van der Waals surface area contributed by atoms with E-state index in [1.54, 1.807) is 24.3 Å². The molecule has 0 bridgehead atoms. The van der Waals surface area contributed by atoms with Crippen LogP contribution in [0.1, 0.15) is 37.5 Å². The monoisotopic (exact) mass is 362 g/mol. The molecule has 0 aliphatic carbocycles. The molecule has 0 saturated carbocycles. The smallest absolute Gasteiger partial charge is 0.273 e. The van der Waals surface area contributed by atoms with E-state index >= 15 is 0 Å². The van der Waals surface area contributed by atoms with Crippen molar-refractivity contribution in [1.29, 1.82) is 0 Å². The molecule has 1 aliphatic rings. The van der Waals surface area contributed by atoms with Gasteiger partial charge < -0.3 is 0 Å². The Labute approximate surface area is 158 Å². The largest absolute Gasteiger partial charge is 0.335 e. The first-order valence-electron chi connectivity index (χ1n) is 8.75. The first-order valence-corrected chi connectivity index (χ1v) is 8.75. The molecule has 1 N–H and O–H groups in total. The Bertz CT molecular complexity index is 933. The first-order chi connectivity index (χ1) is 12.7. The number of urea groups is 1. The van der Waals surface area contributed by atoms with Crippen LogP contribution in [0.2, 0.25) is 0 Å². The number of barbiturate groups is 1. The third-order valence-electron chi connectivity index (χ3n) is 4.48. The summed E-state index contributed by atoms with van der Waals surface area (Å²) in [4.78, 5) is 38.2. The highest BCUT2D eigenvalue weighted by Gasteiger charge is 2.36. The summed E-state index contributed by atoms with van der Waals surface area (Å²) >= 11 is 0. The topological polar surface area (TPSA) is 66.5 Å². The predicted molar refractivity (Wildman–Crippen MR) is 105 cm³/mol. The lowest BCUT2D eigenvalue weighted by molar-refractivity contribution is -0.122. The number of imide groups is 2. The fourth-order valence-electron chi connectivity index (χ4n) is 2.83. The van der Waals surface area contributed by atoms with Gasteiger partial charge in [0.05, 0.1) is 5.69 Å². The van der Waals surface area contributed by atoms with E-state index in [0.29, 0.717) is 5.69 Å². The van der Waals surface area contributed by atoms with Crippen molar-refractivity contribution in [2.75, 3.05) is 4.90 Å². The van der Waals surface area contributed by atoms with E-state index < -0.39 is 17.8 Å². The fraction of sp³-hybridized carbons (Fsp3) is 0.227. The van der Waals surface area contributed by atoms with Crippen molar-refractivity contribution in [1.82, 2.24) is 5.32 Å². The van der Waals surface area contributed by atoms with Crippen molar-refractivity contribution >= 4 is 29.6 Å². The summed E-state index contributed by atoms with van der Waals surface area (Å²) in [6.07, 6.45) is 1.51. The molecule has 1 saturated heterocycles. The molecule has 5 nitrogen and oxygen atoms in total. The van der Waals surface area contributed by atoms with Crippen LogP contribution in [0.25, 0.3) is 6.08 Å². The third-order valence-corrected chi connectivity index (χ3v) is 4.48. The van der Waals surface area contributed by atoms with E-state index in [-0.39, 0.29) is 11.0 Å². The molecule has 2 aromatic rings. The van der Waals surface area contributed by atoms with Gasteiger partial charge in [-0.3, -0.25) is 14.9 Å². The van der Waals surface area contributed by atoms with E-state index in [1.807, 2.05) is 31.2 Å². The highest BCUT2D eigenvalue weighted by molar-refractivity contribution is 6.39. The van der Waals surface area contributed by atoms with Gasteiger partial charge in [-0.05, 0) is 41.7 Å². The van der Waals surface area contributed by atoms with Crippen molar-refractivity contribution in [3.8, 4) is 0 Å². The molecule has 27 heavy (non-hydrogen) atoms. The number of hydrogen-bond acceptors (Lipinski definition) is 3. The molecule has 1 heterocycles. The van der Waals surface area contributed by atoms with Crippen LogP contribution in [0.15, 0.2) is 54.1 Å². The van der Waals surface area contributed by atoms with Gasteiger partial charge in [0.1, 0.15) is 5.57 Å². The lowest BCUT2D eigenvalue weighted by Gasteiger charge is -2.26. The summed E-state index contributed by atoms with van der Waals surface area (Å²) in [5, 5.41) is 2.24. The number of aryl methyl sites for hydroxylation is 1. The lowest BCUT2D eigenvalue weighted by Crippen LogP contribution is -2.54. The minimum atomic E-state index is -0.742. The van der Waals surface area contributed by atoms with Gasteiger partial charge >= 0.3 is 6.03 Å². The molecule has 0 atom stereocenters. The number of carbonyl (C=O) groups excluding carboxylic acids is 3. The van der Waals surface area contributed by atoms with E-state index in [9.17, 15) is 14.4 Å². The molecule has 0 aromatic heterocycles. The molecule has 0 unspecified atom stereocenters. The van der Waals surface area contributed by atoms with Crippen molar-refractivity contribution in [3.63, 3.8) is 0 Å². The van der Waals surface area contributed by atoms with Gasteiger partial charge in [0.25, 0.3) is 11.8 Å². The van der Waals surface area contributed by atoms with Crippen molar-refractivity contribution < 1.29 is 14.4 Å². The predicted octanol–water partition coefficient (Wildman–Crippen LogP) is 3.96. The van der Waals surface area contributed by atoms with Gasteiger partial charge in [-0.15, -0.1) is 0 Å². The number of carbonyl (C=O) groups is 3. The van der Waals surface area contributed by atoms with Crippen LogP contribution in [0.3, 0.4) is 0 Å². The normalized spacial score (nSPS) is 16.7. The van der Waals surface area contributed by atoms with Gasteiger partial charge in [0.15, 0.2) is 0 Å². The number of rotatable bonds is 2. The van der Waals surface area contributed by atoms with Crippen LogP contribution >= 0.6 is 0 Å². The zero-order chi connectivity index (χ0) is 19.8. The maximum absolute atomic E-state index is 12.8. The summed E-state index contributed by atoms with van der Waals surface area (Å²) in [5.41, 5.74) is 3.25. The number of benzene rings is 2. The molecule has 1 fully saturated rings. The summed E-state index contributed by atoms with van der Waals surface area (Å²) in [7, 11) is 0. The molecule has 5 heteroatoms. The Kier molecular flexibility index (Phi) is 4.70. The summed E-state index contributed by atoms with van der Waals surface area (Å²) < 4.78 is 0. The number of hydrogen-bond donors (Lipinski definition) is 1. The Hall–Kier alpha value is -3.21. The summed E-state index contributed by atoms with van der Waals surface area (Å²) in [5.74, 6) is -1.32. The fourth-order valence-corrected chi connectivity index (χ4v) is 2.83. The SMILES string of the molecule is Cc1ccc(N2C(=O)NC(=O)/C(=C\c3ccc(C(C)(C)C)cc3)C2=O)cc1.